The van der Waals surface area contributed by atoms with E-state index in [1.807, 2.05) is 13.0 Å². The molecule has 2 rings (SSSR count). The van der Waals surface area contributed by atoms with Crippen molar-refractivity contribution in [2.24, 2.45) is 0 Å². The summed E-state index contributed by atoms with van der Waals surface area (Å²) in [6, 6.07) is 6.31. The molecular weight excluding hydrogens is 338 g/mol. The van der Waals surface area contributed by atoms with Gasteiger partial charge in [0.15, 0.2) is 0 Å². The highest BCUT2D eigenvalue weighted by molar-refractivity contribution is 7.89. The molecule has 0 aromatic heterocycles. The van der Waals surface area contributed by atoms with E-state index in [-0.39, 0.29) is 35.3 Å². The van der Waals surface area contributed by atoms with Crippen molar-refractivity contribution < 1.29 is 13.2 Å². The number of carbonyl (C=O) groups is 1. The van der Waals surface area contributed by atoms with Crippen molar-refractivity contribution in [3.63, 3.8) is 0 Å². The summed E-state index contributed by atoms with van der Waals surface area (Å²) in [6.07, 6.45) is 1.84. The van der Waals surface area contributed by atoms with E-state index in [4.69, 9.17) is 0 Å². The van der Waals surface area contributed by atoms with Crippen LogP contribution in [-0.4, -0.2) is 45.3 Å². The van der Waals surface area contributed by atoms with E-state index in [9.17, 15) is 13.2 Å². The molecule has 1 aliphatic heterocycles. The minimum Gasteiger partial charge on any atom is -0.348 e. The summed E-state index contributed by atoms with van der Waals surface area (Å²) in [5.74, 6) is -0.0362. The molecule has 1 saturated heterocycles. The lowest BCUT2D eigenvalue weighted by Crippen LogP contribution is -2.41. The van der Waals surface area contributed by atoms with Crippen molar-refractivity contribution in [3.05, 3.63) is 29.8 Å². The molecule has 2 atom stereocenters. The maximum atomic E-state index is 12.2. The molecule has 8 heteroatoms. The van der Waals surface area contributed by atoms with Crippen LogP contribution < -0.4 is 10.6 Å². The number of carbonyl (C=O) groups excluding carboxylic acids is 1. The van der Waals surface area contributed by atoms with Gasteiger partial charge in [0.1, 0.15) is 0 Å². The summed E-state index contributed by atoms with van der Waals surface area (Å²) >= 11 is 0. The SMILES string of the molecule is CC(NC(=O)C1CCCN1)c1cccc(S(=O)(=O)N(C)C)c1.Cl. The van der Waals surface area contributed by atoms with Gasteiger partial charge in [-0.3, -0.25) is 4.79 Å². The van der Waals surface area contributed by atoms with Crippen LogP contribution in [-0.2, 0) is 14.8 Å². The Hall–Kier alpha value is -1.15. The Balaban J connectivity index is 0.00000264. The van der Waals surface area contributed by atoms with Crippen molar-refractivity contribution >= 4 is 28.3 Å². The van der Waals surface area contributed by atoms with E-state index >= 15 is 0 Å². The smallest absolute Gasteiger partial charge is 0.242 e. The highest BCUT2D eigenvalue weighted by Crippen LogP contribution is 2.20. The summed E-state index contributed by atoms with van der Waals surface area (Å²) in [5, 5.41) is 6.09. The lowest BCUT2D eigenvalue weighted by Gasteiger charge is -2.19. The number of sulfonamides is 1. The molecular formula is C15H24ClN3O3S. The van der Waals surface area contributed by atoms with Gasteiger partial charge in [-0.1, -0.05) is 12.1 Å². The van der Waals surface area contributed by atoms with Crippen LogP contribution in [0.15, 0.2) is 29.2 Å². The third-order valence-corrected chi connectivity index (χ3v) is 5.68. The van der Waals surface area contributed by atoms with Crippen LogP contribution in [0.4, 0.5) is 0 Å². The van der Waals surface area contributed by atoms with Crippen molar-refractivity contribution in [3.8, 4) is 0 Å². The van der Waals surface area contributed by atoms with Gasteiger partial charge in [0, 0.05) is 14.1 Å². The van der Waals surface area contributed by atoms with Gasteiger partial charge in [0.2, 0.25) is 15.9 Å². The molecule has 1 aliphatic rings. The Labute approximate surface area is 144 Å². The van der Waals surface area contributed by atoms with Crippen molar-refractivity contribution in [1.82, 2.24) is 14.9 Å². The molecule has 2 N–H and O–H groups in total. The number of halogens is 1. The number of amides is 1. The fourth-order valence-corrected chi connectivity index (χ4v) is 3.42. The largest absolute Gasteiger partial charge is 0.348 e. The maximum absolute atomic E-state index is 12.2. The van der Waals surface area contributed by atoms with Gasteiger partial charge in [0.25, 0.3) is 0 Å². The zero-order valence-corrected chi connectivity index (χ0v) is 15.2. The number of nitrogens with one attached hydrogen (secondary N) is 2. The van der Waals surface area contributed by atoms with Gasteiger partial charge < -0.3 is 10.6 Å². The first-order chi connectivity index (χ1) is 10.3. The van der Waals surface area contributed by atoms with Crippen LogP contribution >= 0.6 is 12.4 Å². The summed E-state index contributed by atoms with van der Waals surface area (Å²) in [7, 11) is -0.471. The lowest BCUT2D eigenvalue weighted by molar-refractivity contribution is -0.123. The Kier molecular flexibility index (Phi) is 7.01. The van der Waals surface area contributed by atoms with Gasteiger partial charge in [-0.25, -0.2) is 12.7 Å². The van der Waals surface area contributed by atoms with E-state index in [0.29, 0.717) is 0 Å². The third kappa shape index (κ3) is 4.67. The molecule has 0 radical (unpaired) electrons. The average Bonchev–Trinajstić information content (AvgIpc) is 3.01. The second kappa shape index (κ2) is 8.10. The first kappa shape index (κ1) is 19.9. The Morgan fingerprint density at radius 3 is 2.65 bits per heavy atom. The van der Waals surface area contributed by atoms with Crippen LogP contribution in [0.1, 0.15) is 31.4 Å². The highest BCUT2D eigenvalue weighted by Gasteiger charge is 2.24. The standard InChI is InChI=1S/C15H23N3O3S.ClH/c1-11(17-15(19)14-8-5-9-16-14)12-6-4-7-13(10-12)22(20,21)18(2)3;/h4,6-7,10-11,14,16H,5,8-9H2,1-3H3,(H,17,19);1H. The molecule has 1 amide bonds. The van der Waals surface area contributed by atoms with Gasteiger partial charge in [-0.2, -0.15) is 0 Å². The molecule has 0 spiro atoms. The third-order valence-electron chi connectivity index (χ3n) is 3.87. The number of hydrogen-bond acceptors (Lipinski definition) is 4. The fourth-order valence-electron chi connectivity index (χ4n) is 2.46. The summed E-state index contributed by atoms with van der Waals surface area (Å²) in [6.45, 7) is 2.72. The molecule has 23 heavy (non-hydrogen) atoms. The second-order valence-electron chi connectivity index (χ2n) is 5.74. The zero-order chi connectivity index (χ0) is 16.3. The normalized spacial score (nSPS) is 19.2. The Bertz CT molecular complexity index is 643. The lowest BCUT2D eigenvalue weighted by atomic mass is 10.1. The molecule has 0 aliphatic carbocycles. The van der Waals surface area contributed by atoms with Crippen molar-refractivity contribution in [1.29, 1.82) is 0 Å². The quantitative estimate of drug-likeness (QED) is 0.828. The van der Waals surface area contributed by atoms with E-state index < -0.39 is 10.0 Å². The van der Waals surface area contributed by atoms with Crippen LogP contribution in [0.5, 0.6) is 0 Å². The molecule has 1 fully saturated rings. The monoisotopic (exact) mass is 361 g/mol. The molecule has 0 saturated carbocycles. The Morgan fingerprint density at radius 2 is 2.09 bits per heavy atom. The van der Waals surface area contributed by atoms with E-state index in [0.717, 1.165) is 24.9 Å². The molecule has 1 aromatic carbocycles. The summed E-state index contributed by atoms with van der Waals surface area (Å²) in [5.41, 5.74) is 0.772. The average molecular weight is 362 g/mol. The maximum Gasteiger partial charge on any atom is 0.242 e. The Morgan fingerprint density at radius 1 is 1.39 bits per heavy atom. The molecule has 6 nitrogen and oxygen atoms in total. The zero-order valence-electron chi connectivity index (χ0n) is 13.6. The number of rotatable bonds is 5. The van der Waals surface area contributed by atoms with Crippen LogP contribution in [0.3, 0.4) is 0 Å². The minimum absolute atomic E-state index is 0. The van der Waals surface area contributed by atoms with Crippen molar-refractivity contribution in [2.45, 2.75) is 36.7 Å². The van der Waals surface area contributed by atoms with Gasteiger partial charge in [-0.05, 0) is 44.0 Å². The van der Waals surface area contributed by atoms with Gasteiger partial charge in [-0.15, -0.1) is 12.4 Å². The first-order valence-corrected chi connectivity index (χ1v) is 8.82. The van der Waals surface area contributed by atoms with E-state index in [1.165, 1.54) is 18.4 Å². The van der Waals surface area contributed by atoms with E-state index in [2.05, 4.69) is 10.6 Å². The van der Waals surface area contributed by atoms with Crippen molar-refractivity contribution in [2.75, 3.05) is 20.6 Å². The van der Waals surface area contributed by atoms with E-state index in [1.54, 1.807) is 18.2 Å². The van der Waals surface area contributed by atoms with Crippen LogP contribution in [0.2, 0.25) is 0 Å². The number of nitrogens with zero attached hydrogens (tertiary/aromatic N) is 1. The number of hydrogen-bond donors (Lipinski definition) is 2. The van der Waals surface area contributed by atoms with Gasteiger partial charge >= 0.3 is 0 Å². The van der Waals surface area contributed by atoms with Crippen LogP contribution in [0.25, 0.3) is 0 Å². The van der Waals surface area contributed by atoms with Crippen LogP contribution in [0, 0.1) is 0 Å². The summed E-state index contributed by atoms with van der Waals surface area (Å²) in [4.78, 5) is 12.4. The fraction of sp³-hybridized carbons (Fsp3) is 0.533. The highest BCUT2D eigenvalue weighted by atomic mass is 35.5. The van der Waals surface area contributed by atoms with Gasteiger partial charge in [0.05, 0.1) is 17.0 Å². The predicted molar refractivity (Wildman–Crippen MR) is 92.1 cm³/mol. The summed E-state index contributed by atoms with van der Waals surface area (Å²) < 4.78 is 25.5. The topological polar surface area (TPSA) is 78.5 Å². The minimum atomic E-state index is -3.47. The molecule has 1 heterocycles. The second-order valence-corrected chi connectivity index (χ2v) is 7.89. The predicted octanol–water partition coefficient (Wildman–Crippen LogP) is 1.29. The first-order valence-electron chi connectivity index (χ1n) is 7.38. The number of benzene rings is 1. The molecule has 1 aromatic rings. The molecule has 0 bridgehead atoms. The molecule has 130 valence electrons. The molecule has 2 unspecified atom stereocenters.